The number of hydrogen-bond acceptors (Lipinski definition) is 4. The second-order valence-electron chi connectivity index (χ2n) is 7.82. The molecule has 0 aliphatic carbocycles. The van der Waals surface area contributed by atoms with E-state index in [1.807, 2.05) is 0 Å². The van der Waals surface area contributed by atoms with Crippen LogP contribution in [-0.2, 0) is 9.53 Å². The molecule has 168 valence electrons. The number of nitrogens with zero attached hydrogens (tertiary/aromatic N) is 1. The normalized spacial score (nSPS) is 11.5. The van der Waals surface area contributed by atoms with Crippen LogP contribution in [0.5, 0.6) is 0 Å². The van der Waals surface area contributed by atoms with Gasteiger partial charge in [-0.05, 0) is 19.3 Å². The van der Waals surface area contributed by atoms with Crippen LogP contribution in [-0.4, -0.2) is 31.1 Å². The third kappa shape index (κ3) is 23.8. The minimum absolute atomic E-state index is 0. The number of hydrogen-bond donors (Lipinski definition) is 3. The molecular weight excluding hydrogens is 375 g/mol. The van der Waals surface area contributed by atoms with Crippen molar-refractivity contribution in [1.82, 2.24) is 0 Å². The maximum atomic E-state index is 11.8. The summed E-state index contributed by atoms with van der Waals surface area (Å²) in [6.45, 7) is 3.23. The molecule has 0 unspecified atom stereocenters. The Morgan fingerprint density at radius 1 is 0.828 bits per heavy atom. The number of carbonyl (C=O) groups excluding carboxylic acids is 1. The number of esters is 1. The summed E-state index contributed by atoms with van der Waals surface area (Å²) in [4.78, 5) is 15.6. The van der Waals surface area contributed by atoms with Gasteiger partial charge < -0.3 is 23.4 Å². The second kappa shape index (κ2) is 24.0. The Morgan fingerprint density at radius 3 is 1.72 bits per heavy atom. The van der Waals surface area contributed by atoms with E-state index in [9.17, 15) is 4.79 Å². The number of unbranched alkanes of at least 4 members (excludes halogenated alkanes) is 13. The van der Waals surface area contributed by atoms with Crippen LogP contribution < -0.4 is 46.8 Å². The smallest absolute Gasteiger partial charge is 1.00 e. The number of carbonyl (C=O) groups is 1. The van der Waals surface area contributed by atoms with Gasteiger partial charge in [-0.25, -0.2) is 0 Å². The van der Waals surface area contributed by atoms with Crippen LogP contribution in [0, 0.1) is 0 Å². The summed E-state index contributed by atoms with van der Waals surface area (Å²) in [6.07, 6.45) is 19.6. The topological polar surface area (TPSA) is 117 Å². The molecule has 0 amide bonds. The van der Waals surface area contributed by atoms with Gasteiger partial charge in [-0.3, -0.25) is 9.79 Å². The number of rotatable bonds is 20. The zero-order chi connectivity index (χ0) is 20.9. The van der Waals surface area contributed by atoms with E-state index in [0.717, 1.165) is 12.8 Å². The third-order valence-corrected chi connectivity index (χ3v) is 5.01. The summed E-state index contributed by atoms with van der Waals surface area (Å²) in [5, 5.41) is 0. The molecule has 0 saturated carbocycles. The first kappa shape index (κ1) is 30.9. The Morgan fingerprint density at radius 2 is 1.28 bits per heavy atom. The van der Waals surface area contributed by atoms with Crippen LogP contribution in [0.1, 0.15) is 111 Å². The zero-order valence-electron chi connectivity index (χ0n) is 20.3. The largest absolute Gasteiger partial charge is 1.00 e. The Hall–Kier alpha value is -0.300. The van der Waals surface area contributed by atoms with Gasteiger partial charge in [0, 0.05) is 6.54 Å². The van der Waals surface area contributed by atoms with Gasteiger partial charge in [0.15, 0.2) is 5.96 Å². The fourth-order valence-corrected chi connectivity index (χ4v) is 3.21. The molecule has 0 aromatic carbocycles. The average molecular weight is 423 g/mol. The number of aliphatic imine (C=N–C) groups is 1. The summed E-state index contributed by atoms with van der Waals surface area (Å²) in [5.41, 5.74) is 16.3. The molecule has 6 N–H and O–H groups in total. The fraction of sp³-hybridized carbons (Fsp3) is 0.909. The Labute approximate surface area is 202 Å². The van der Waals surface area contributed by atoms with Crippen molar-refractivity contribution in [2.45, 2.75) is 116 Å². The molecule has 0 saturated heterocycles. The summed E-state index contributed by atoms with van der Waals surface area (Å²) in [6, 6.07) is -0.583. The van der Waals surface area contributed by atoms with Crippen LogP contribution in [0.25, 0.3) is 0 Å². The molecule has 0 radical (unpaired) electrons. The molecule has 0 heterocycles. The van der Waals surface area contributed by atoms with E-state index in [0.29, 0.717) is 26.0 Å². The number of guanidine groups is 1. The summed E-state index contributed by atoms with van der Waals surface area (Å²) >= 11 is 0. The van der Waals surface area contributed by atoms with Crippen molar-refractivity contribution in [2.75, 3.05) is 13.2 Å². The van der Waals surface area contributed by atoms with Crippen LogP contribution in [0.15, 0.2) is 4.99 Å². The van der Waals surface area contributed by atoms with Crippen LogP contribution in [0.4, 0.5) is 0 Å². The molecule has 0 aromatic rings. The summed E-state index contributed by atoms with van der Waals surface area (Å²) < 4.78 is 5.24. The maximum absolute atomic E-state index is 11.8. The first-order valence-electron chi connectivity index (χ1n) is 11.6. The monoisotopic (exact) mass is 422 g/mol. The number of ether oxygens (including phenoxy) is 1. The average Bonchev–Trinajstić information content (AvgIpc) is 2.67. The van der Waals surface area contributed by atoms with Gasteiger partial charge >= 0.3 is 35.5 Å². The zero-order valence-corrected chi connectivity index (χ0v) is 21.3. The predicted octanol–water partition coefficient (Wildman–Crippen LogP) is 1.51. The molecule has 0 aromatic heterocycles. The summed E-state index contributed by atoms with van der Waals surface area (Å²) in [5.74, 6) is -0.256. The maximum Gasteiger partial charge on any atom is 1.00 e. The van der Waals surface area contributed by atoms with Gasteiger partial charge in [-0.15, -0.1) is 0 Å². The first-order valence-corrected chi connectivity index (χ1v) is 11.6. The molecule has 0 aliphatic heterocycles. The fourth-order valence-electron chi connectivity index (χ4n) is 3.21. The molecule has 0 fully saturated rings. The van der Waals surface area contributed by atoms with Crippen molar-refractivity contribution in [2.24, 2.45) is 22.2 Å². The van der Waals surface area contributed by atoms with Crippen LogP contribution >= 0.6 is 0 Å². The number of nitrogens with two attached hydrogens (primary N) is 3. The van der Waals surface area contributed by atoms with Crippen LogP contribution in [0.2, 0.25) is 0 Å². The van der Waals surface area contributed by atoms with Gasteiger partial charge in [-0.2, -0.15) is 0 Å². The van der Waals surface area contributed by atoms with Crippen molar-refractivity contribution < 1.29 is 40.5 Å². The second-order valence-corrected chi connectivity index (χ2v) is 7.82. The van der Waals surface area contributed by atoms with Gasteiger partial charge in [0.25, 0.3) is 0 Å². The van der Waals surface area contributed by atoms with E-state index in [-0.39, 0.29) is 42.9 Å². The van der Waals surface area contributed by atoms with Crippen molar-refractivity contribution in [3.05, 3.63) is 0 Å². The SMILES string of the molecule is CCCCCCCCCCCCCCCCOC(=O)[C@@H](N)CCCN=C(N)N.[H-].[Na+]. The molecule has 6 nitrogen and oxygen atoms in total. The third-order valence-electron chi connectivity index (χ3n) is 5.01. The van der Waals surface area contributed by atoms with E-state index in [1.54, 1.807) is 0 Å². The van der Waals surface area contributed by atoms with Gasteiger partial charge in [0.2, 0.25) is 0 Å². The molecular formula is C22H47N4NaO2. The molecule has 0 bridgehead atoms. The van der Waals surface area contributed by atoms with Crippen molar-refractivity contribution in [3.63, 3.8) is 0 Å². The predicted molar refractivity (Wildman–Crippen MR) is 120 cm³/mol. The Kier molecular flexibility index (Phi) is 25.5. The Balaban J connectivity index is -0.00000364. The molecule has 0 spiro atoms. The van der Waals surface area contributed by atoms with E-state index in [1.165, 1.54) is 77.0 Å². The molecule has 0 aliphatic rings. The minimum Gasteiger partial charge on any atom is -1.00 e. The molecule has 7 heteroatoms. The molecule has 0 rings (SSSR count). The van der Waals surface area contributed by atoms with Crippen molar-refractivity contribution >= 4 is 11.9 Å². The van der Waals surface area contributed by atoms with Crippen LogP contribution in [0.3, 0.4) is 0 Å². The van der Waals surface area contributed by atoms with Crippen molar-refractivity contribution in [3.8, 4) is 0 Å². The van der Waals surface area contributed by atoms with Gasteiger partial charge in [0.1, 0.15) is 6.04 Å². The van der Waals surface area contributed by atoms with Crippen molar-refractivity contribution in [1.29, 1.82) is 0 Å². The van der Waals surface area contributed by atoms with Gasteiger partial charge in [0.05, 0.1) is 6.61 Å². The van der Waals surface area contributed by atoms with E-state index >= 15 is 0 Å². The van der Waals surface area contributed by atoms with E-state index in [4.69, 9.17) is 21.9 Å². The Bertz CT molecular complexity index is 397. The standard InChI is InChI=1S/C22H46N4O2.Na.H/c1-2-3-4-5-6-7-8-9-10-11-12-13-14-15-19-28-21(27)20(23)17-16-18-26-22(24)25;;/h20H,2-19,23H2,1H3,(H4,24,25,26);;/q;+1;-1/t20-;;/m0../s1. The molecule has 1 atom stereocenters. The minimum atomic E-state index is -0.583. The first-order chi connectivity index (χ1) is 13.6. The van der Waals surface area contributed by atoms with E-state index in [2.05, 4.69) is 11.9 Å². The molecule has 29 heavy (non-hydrogen) atoms. The van der Waals surface area contributed by atoms with E-state index < -0.39 is 6.04 Å². The van der Waals surface area contributed by atoms with Gasteiger partial charge in [-0.1, -0.05) is 90.4 Å². The summed E-state index contributed by atoms with van der Waals surface area (Å²) in [7, 11) is 0. The quantitative estimate of drug-likeness (QED) is 0.0904.